The average molecular weight is 316 g/mol. The molecular formula is C16H24N6O. The SMILES string of the molecule is CCn1cnnc1C1CCCN(C(=O)c2ccn(C(C)C)n2)C1. The fourth-order valence-electron chi connectivity index (χ4n) is 3.10. The monoisotopic (exact) mass is 316 g/mol. The van der Waals surface area contributed by atoms with Crippen molar-refractivity contribution in [2.24, 2.45) is 0 Å². The third-order valence-electron chi connectivity index (χ3n) is 4.42. The maximum absolute atomic E-state index is 12.7. The molecule has 3 heterocycles. The van der Waals surface area contributed by atoms with Gasteiger partial charge >= 0.3 is 0 Å². The molecule has 0 bridgehead atoms. The highest BCUT2D eigenvalue weighted by Crippen LogP contribution is 2.26. The number of carbonyl (C=O) groups excluding carboxylic acids is 1. The van der Waals surface area contributed by atoms with Gasteiger partial charge in [-0.1, -0.05) is 0 Å². The first-order valence-electron chi connectivity index (χ1n) is 8.32. The molecule has 1 aliphatic heterocycles. The van der Waals surface area contributed by atoms with Crippen LogP contribution in [0.2, 0.25) is 0 Å². The van der Waals surface area contributed by atoms with Crippen LogP contribution in [-0.2, 0) is 6.54 Å². The standard InChI is InChI=1S/C16H24N6O/c1-4-20-11-17-18-15(20)13-6-5-8-21(10-13)16(23)14-7-9-22(19-14)12(2)3/h7,9,11-13H,4-6,8,10H2,1-3H3. The molecule has 23 heavy (non-hydrogen) atoms. The first-order valence-corrected chi connectivity index (χ1v) is 8.32. The summed E-state index contributed by atoms with van der Waals surface area (Å²) < 4.78 is 3.88. The van der Waals surface area contributed by atoms with E-state index in [-0.39, 0.29) is 17.9 Å². The molecule has 1 atom stereocenters. The predicted octanol–water partition coefficient (Wildman–Crippen LogP) is 2.10. The lowest BCUT2D eigenvalue weighted by Crippen LogP contribution is -2.40. The quantitative estimate of drug-likeness (QED) is 0.866. The van der Waals surface area contributed by atoms with E-state index in [1.165, 1.54) is 0 Å². The Morgan fingerprint density at radius 3 is 2.96 bits per heavy atom. The number of likely N-dealkylation sites (tertiary alicyclic amines) is 1. The van der Waals surface area contributed by atoms with Crippen LogP contribution in [0.5, 0.6) is 0 Å². The molecule has 2 aromatic rings. The van der Waals surface area contributed by atoms with E-state index in [1.807, 2.05) is 15.8 Å². The lowest BCUT2D eigenvalue weighted by atomic mass is 9.97. The molecule has 0 spiro atoms. The maximum atomic E-state index is 12.7. The van der Waals surface area contributed by atoms with Crippen molar-refractivity contribution in [3.05, 3.63) is 30.1 Å². The van der Waals surface area contributed by atoms with Gasteiger partial charge in [0.05, 0.1) is 0 Å². The molecule has 124 valence electrons. The van der Waals surface area contributed by atoms with Gasteiger partial charge in [-0.15, -0.1) is 10.2 Å². The zero-order valence-electron chi connectivity index (χ0n) is 14.0. The van der Waals surface area contributed by atoms with Crippen LogP contribution in [0.1, 0.15) is 61.9 Å². The summed E-state index contributed by atoms with van der Waals surface area (Å²) in [7, 11) is 0. The minimum atomic E-state index is 0.0108. The Balaban J connectivity index is 1.74. The van der Waals surface area contributed by atoms with Crippen molar-refractivity contribution in [1.29, 1.82) is 0 Å². The van der Waals surface area contributed by atoms with Crippen LogP contribution >= 0.6 is 0 Å². The molecule has 1 saturated heterocycles. The van der Waals surface area contributed by atoms with Crippen LogP contribution in [0.4, 0.5) is 0 Å². The third-order valence-corrected chi connectivity index (χ3v) is 4.42. The number of amides is 1. The lowest BCUT2D eigenvalue weighted by molar-refractivity contribution is 0.0696. The largest absolute Gasteiger partial charge is 0.337 e. The zero-order valence-corrected chi connectivity index (χ0v) is 14.0. The molecule has 1 aliphatic rings. The highest BCUT2D eigenvalue weighted by molar-refractivity contribution is 5.92. The van der Waals surface area contributed by atoms with Gasteiger partial charge < -0.3 is 9.47 Å². The smallest absolute Gasteiger partial charge is 0.274 e. The summed E-state index contributed by atoms with van der Waals surface area (Å²) in [5.41, 5.74) is 0.524. The second kappa shape index (κ2) is 6.52. The summed E-state index contributed by atoms with van der Waals surface area (Å²) in [6, 6.07) is 2.06. The zero-order chi connectivity index (χ0) is 16.4. The van der Waals surface area contributed by atoms with Gasteiger partial charge in [0.25, 0.3) is 5.91 Å². The van der Waals surface area contributed by atoms with Gasteiger partial charge in [0.15, 0.2) is 0 Å². The van der Waals surface area contributed by atoms with E-state index >= 15 is 0 Å². The minimum Gasteiger partial charge on any atom is -0.337 e. The topological polar surface area (TPSA) is 68.8 Å². The van der Waals surface area contributed by atoms with Gasteiger partial charge in [-0.3, -0.25) is 9.48 Å². The molecule has 0 aliphatic carbocycles. The van der Waals surface area contributed by atoms with E-state index in [4.69, 9.17) is 0 Å². The molecule has 1 amide bonds. The van der Waals surface area contributed by atoms with Crippen molar-refractivity contribution in [2.75, 3.05) is 13.1 Å². The molecule has 7 nitrogen and oxygen atoms in total. The van der Waals surface area contributed by atoms with E-state index in [0.717, 1.165) is 31.8 Å². The Morgan fingerprint density at radius 1 is 1.43 bits per heavy atom. The number of carbonyl (C=O) groups is 1. The van der Waals surface area contributed by atoms with E-state index in [2.05, 4.69) is 40.6 Å². The number of piperidine rings is 1. The molecule has 0 radical (unpaired) electrons. The van der Waals surface area contributed by atoms with Crippen molar-refractivity contribution in [2.45, 2.75) is 52.1 Å². The van der Waals surface area contributed by atoms with Crippen molar-refractivity contribution in [3.63, 3.8) is 0 Å². The van der Waals surface area contributed by atoms with Crippen molar-refractivity contribution in [3.8, 4) is 0 Å². The van der Waals surface area contributed by atoms with Crippen LogP contribution < -0.4 is 0 Å². The van der Waals surface area contributed by atoms with E-state index in [0.29, 0.717) is 12.2 Å². The number of nitrogens with zero attached hydrogens (tertiary/aromatic N) is 6. The molecule has 0 N–H and O–H groups in total. The average Bonchev–Trinajstić information content (AvgIpc) is 3.23. The number of aryl methyl sites for hydroxylation is 1. The molecule has 1 unspecified atom stereocenters. The number of hydrogen-bond donors (Lipinski definition) is 0. The van der Waals surface area contributed by atoms with Gasteiger partial charge in [-0.2, -0.15) is 5.10 Å². The lowest BCUT2D eigenvalue weighted by Gasteiger charge is -2.31. The maximum Gasteiger partial charge on any atom is 0.274 e. The molecular weight excluding hydrogens is 292 g/mol. The Bertz CT molecular complexity index is 674. The van der Waals surface area contributed by atoms with Crippen molar-refractivity contribution >= 4 is 5.91 Å². The van der Waals surface area contributed by atoms with Gasteiger partial charge in [-0.25, -0.2) is 0 Å². The van der Waals surface area contributed by atoms with Crippen LogP contribution in [-0.4, -0.2) is 48.4 Å². The Labute approximate surface area is 136 Å². The fraction of sp³-hybridized carbons (Fsp3) is 0.625. The van der Waals surface area contributed by atoms with Gasteiger partial charge in [0.1, 0.15) is 17.8 Å². The molecule has 2 aromatic heterocycles. The van der Waals surface area contributed by atoms with Gasteiger partial charge in [-0.05, 0) is 39.7 Å². The third kappa shape index (κ3) is 3.13. The summed E-state index contributed by atoms with van der Waals surface area (Å²) >= 11 is 0. The Hall–Kier alpha value is -2.18. The second-order valence-electron chi connectivity index (χ2n) is 6.34. The van der Waals surface area contributed by atoms with E-state index < -0.39 is 0 Å². The van der Waals surface area contributed by atoms with Crippen LogP contribution in [0.3, 0.4) is 0 Å². The fourth-order valence-corrected chi connectivity index (χ4v) is 3.10. The predicted molar refractivity (Wildman–Crippen MR) is 86.2 cm³/mol. The summed E-state index contributed by atoms with van der Waals surface area (Å²) in [6.45, 7) is 8.50. The van der Waals surface area contributed by atoms with Gasteiger partial charge in [0, 0.05) is 37.8 Å². The summed E-state index contributed by atoms with van der Waals surface area (Å²) in [4.78, 5) is 14.6. The second-order valence-corrected chi connectivity index (χ2v) is 6.34. The van der Waals surface area contributed by atoms with Gasteiger partial charge in [0.2, 0.25) is 0 Å². The summed E-state index contributed by atoms with van der Waals surface area (Å²) in [6.07, 6.45) is 5.66. The molecule has 0 saturated carbocycles. The normalized spacial score (nSPS) is 18.6. The molecule has 3 rings (SSSR count). The summed E-state index contributed by atoms with van der Waals surface area (Å²) in [5, 5.41) is 12.7. The number of rotatable bonds is 4. The Kier molecular flexibility index (Phi) is 4.45. The highest BCUT2D eigenvalue weighted by atomic mass is 16.2. The Morgan fingerprint density at radius 2 is 2.26 bits per heavy atom. The van der Waals surface area contributed by atoms with E-state index in [1.54, 1.807) is 12.4 Å². The minimum absolute atomic E-state index is 0.0108. The van der Waals surface area contributed by atoms with Crippen LogP contribution in [0.15, 0.2) is 18.6 Å². The summed E-state index contributed by atoms with van der Waals surface area (Å²) in [5.74, 6) is 1.25. The van der Waals surface area contributed by atoms with E-state index in [9.17, 15) is 4.79 Å². The number of aromatic nitrogens is 5. The molecule has 7 heteroatoms. The van der Waals surface area contributed by atoms with Crippen molar-refractivity contribution in [1.82, 2.24) is 29.4 Å². The number of hydrogen-bond acceptors (Lipinski definition) is 4. The first-order chi connectivity index (χ1) is 11.1. The first kappa shape index (κ1) is 15.7. The highest BCUT2D eigenvalue weighted by Gasteiger charge is 2.29. The van der Waals surface area contributed by atoms with Crippen LogP contribution in [0, 0.1) is 0 Å². The molecule has 0 aromatic carbocycles. The van der Waals surface area contributed by atoms with Crippen molar-refractivity contribution < 1.29 is 4.79 Å². The van der Waals surface area contributed by atoms with Crippen LogP contribution in [0.25, 0.3) is 0 Å². The molecule has 1 fully saturated rings.